The van der Waals surface area contributed by atoms with Gasteiger partial charge in [-0.2, -0.15) is 0 Å². The molecular weight excluding hydrogens is 246 g/mol. The van der Waals surface area contributed by atoms with Gasteiger partial charge >= 0.3 is 0 Å². The lowest BCUT2D eigenvalue weighted by molar-refractivity contribution is 0.866. The van der Waals surface area contributed by atoms with Gasteiger partial charge in [0.1, 0.15) is 0 Å². The van der Waals surface area contributed by atoms with Crippen molar-refractivity contribution < 1.29 is 0 Å². The van der Waals surface area contributed by atoms with Crippen molar-refractivity contribution in [3.05, 3.63) is 48.0 Å². The van der Waals surface area contributed by atoms with Crippen LogP contribution in [0.15, 0.2) is 42.5 Å². The minimum absolute atomic E-state index is 0.815. The van der Waals surface area contributed by atoms with E-state index in [9.17, 15) is 0 Å². The lowest BCUT2D eigenvalue weighted by Gasteiger charge is -2.21. The van der Waals surface area contributed by atoms with Crippen molar-refractivity contribution in [2.24, 2.45) is 0 Å². The third-order valence-corrected chi connectivity index (χ3v) is 3.65. The molecule has 2 aromatic carbocycles. The molecule has 0 saturated carbocycles. The summed E-state index contributed by atoms with van der Waals surface area (Å²) in [5, 5.41) is 3.42. The summed E-state index contributed by atoms with van der Waals surface area (Å²) in [5.74, 6) is 0. The molecule has 0 aliphatic heterocycles. The van der Waals surface area contributed by atoms with Crippen LogP contribution in [0.5, 0.6) is 0 Å². The molecule has 0 spiro atoms. The molecule has 3 heteroatoms. The van der Waals surface area contributed by atoms with Gasteiger partial charge in [0.2, 0.25) is 0 Å². The summed E-state index contributed by atoms with van der Waals surface area (Å²) in [5.41, 5.74) is 11.2. The second kappa shape index (κ2) is 6.33. The molecule has 2 rings (SSSR count). The van der Waals surface area contributed by atoms with E-state index in [2.05, 4.69) is 48.3 Å². The van der Waals surface area contributed by atoms with E-state index in [0.29, 0.717) is 0 Å². The Hall–Kier alpha value is -2.16. The first-order valence-corrected chi connectivity index (χ1v) is 7.12. The van der Waals surface area contributed by atoms with Crippen molar-refractivity contribution in [1.82, 2.24) is 0 Å². The number of rotatable bonds is 5. The Kier molecular flexibility index (Phi) is 4.51. The predicted molar refractivity (Wildman–Crippen MR) is 88.9 cm³/mol. The van der Waals surface area contributed by atoms with Crippen LogP contribution in [0.4, 0.5) is 22.7 Å². The van der Waals surface area contributed by atoms with Gasteiger partial charge in [-0.25, -0.2) is 0 Å². The monoisotopic (exact) mass is 269 g/mol. The first kappa shape index (κ1) is 14.3. The van der Waals surface area contributed by atoms with Gasteiger partial charge in [0.15, 0.2) is 0 Å². The standard InChI is InChI=1S/C17H23N3/c1-4-20(5-2)15-11-9-14(10-12-15)19-17-8-6-7-16(18)13(17)3/h6-12,19H,4-5,18H2,1-3H3. The van der Waals surface area contributed by atoms with Gasteiger partial charge in [-0.05, 0) is 62.7 Å². The summed E-state index contributed by atoms with van der Waals surface area (Å²) in [6, 6.07) is 14.4. The summed E-state index contributed by atoms with van der Waals surface area (Å²) in [7, 11) is 0. The number of nitrogen functional groups attached to an aromatic ring is 1. The molecule has 20 heavy (non-hydrogen) atoms. The molecule has 0 unspecified atom stereocenters. The van der Waals surface area contributed by atoms with Crippen LogP contribution in [0.1, 0.15) is 19.4 Å². The zero-order valence-corrected chi connectivity index (χ0v) is 12.5. The number of benzene rings is 2. The molecule has 0 aromatic heterocycles. The normalized spacial score (nSPS) is 10.3. The van der Waals surface area contributed by atoms with Crippen LogP contribution in [0.3, 0.4) is 0 Å². The minimum Gasteiger partial charge on any atom is -0.398 e. The number of anilines is 4. The number of nitrogens with one attached hydrogen (secondary N) is 1. The molecule has 0 aliphatic rings. The van der Waals surface area contributed by atoms with Crippen molar-refractivity contribution in [2.75, 3.05) is 29.0 Å². The molecule has 0 atom stereocenters. The van der Waals surface area contributed by atoms with E-state index in [1.54, 1.807) is 0 Å². The first-order valence-electron chi connectivity index (χ1n) is 7.12. The van der Waals surface area contributed by atoms with Crippen molar-refractivity contribution in [2.45, 2.75) is 20.8 Å². The van der Waals surface area contributed by atoms with E-state index in [1.165, 1.54) is 5.69 Å². The molecular formula is C17H23N3. The summed E-state index contributed by atoms with van der Waals surface area (Å²) < 4.78 is 0. The average molecular weight is 269 g/mol. The van der Waals surface area contributed by atoms with Crippen LogP contribution in [0.25, 0.3) is 0 Å². The lowest BCUT2D eigenvalue weighted by atomic mass is 10.1. The Morgan fingerprint density at radius 2 is 1.65 bits per heavy atom. The van der Waals surface area contributed by atoms with Crippen LogP contribution in [-0.2, 0) is 0 Å². The second-order valence-corrected chi connectivity index (χ2v) is 4.86. The quantitative estimate of drug-likeness (QED) is 0.801. The topological polar surface area (TPSA) is 41.3 Å². The van der Waals surface area contributed by atoms with E-state index in [4.69, 9.17) is 5.73 Å². The maximum Gasteiger partial charge on any atom is 0.0434 e. The Morgan fingerprint density at radius 3 is 2.25 bits per heavy atom. The second-order valence-electron chi connectivity index (χ2n) is 4.86. The third-order valence-electron chi connectivity index (χ3n) is 3.65. The number of hydrogen-bond donors (Lipinski definition) is 2. The fraction of sp³-hybridized carbons (Fsp3) is 0.294. The van der Waals surface area contributed by atoms with E-state index < -0.39 is 0 Å². The molecule has 0 amide bonds. The molecule has 0 saturated heterocycles. The van der Waals surface area contributed by atoms with E-state index in [0.717, 1.165) is 35.7 Å². The minimum atomic E-state index is 0.815. The van der Waals surface area contributed by atoms with Crippen LogP contribution in [0.2, 0.25) is 0 Å². The van der Waals surface area contributed by atoms with Gasteiger partial charge in [-0.3, -0.25) is 0 Å². The van der Waals surface area contributed by atoms with Gasteiger partial charge in [-0.1, -0.05) is 6.07 Å². The summed E-state index contributed by atoms with van der Waals surface area (Å²) >= 11 is 0. The Bertz CT molecular complexity index is 557. The van der Waals surface area contributed by atoms with Gasteiger partial charge in [0.25, 0.3) is 0 Å². The molecule has 0 radical (unpaired) electrons. The number of nitrogens with two attached hydrogens (primary N) is 1. The predicted octanol–water partition coefficient (Wildman–Crippen LogP) is 4.17. The van der Waals surface area contributed by atoms with Crippen molar-refractivity contribution in [3.63, 3.8) is 0 Å². The lowest BCUT2D eigenvalue weighted by Crippen LogP contribution is -2.21. The zero-order chi connectivity index (χ0) is 14.5. The Morgan fingerprint density at radius 1 is 1.00 bits per heavy atom. The molecule has 3 nitrogen and oxygen atoms in total. The molecule has 106 valence electrons. The highest BCUT2D eigenvalue weighted by Gasteiger charge is 2.03. The van der Waals surface area contributed by atoms with Crippen molar-refractivity contribution >= 4 is 22.7 Å². The maximum atomic E-state index is 5.93. The molecule has 0 aliphatic carbocycles. The molecule has 2 aromatic rings. The Balaban J connectivity index is 2.17. The fourth-order valence-electron chi connectivity index (χ4n) is 2.29. The molecule has 0 heterocycles. The SMILES string of the molecule is CCN(CC)c1ccc(Nc2cccc(N)c2C)cc1. The number of nitrogens with zero attached hydrogens (tertiary/aromatic N) is 1. The summed E-state index contributed by atoms with van der Waals surface area (Å²) in [6.07, 6.45) is 0. The molecule has 0 bridgehead atoms. The van der Waals surface area contributed by atoms with Gasteiger partial charge in [-0.15, -0.1) is 0 Å². The number of hydrogen-bond acceptors (Lipinski definition) is 3. The first-order chi connectivity index (χ1) is 9.65. The largest absolute Gasteiger partial charge is 0.398 e. The van der Waals surface area contributed by atoms with Crippen LogP contribution in [-0.4, -0.2) is 13.1 Å². The van der Waals surface area contributed by atoms with Crippen molar-refractivity contribution in [1.29, 1.82) is 0 Å². The van der Waals surface area contributed by atoms with Gasteiger partial charge < -0.3 is 16.0 Å². The van der Waals surface area contributed by atoms with E-state index in [1.807, 2.05) is 25.1 Å². The van der Waals surface area contributed by atoms with Crippen LogP contribution >= 0.6 is 0 Å². The van der Waals surface area contributed by atoms with E-state index >= 15 is 0 Å². The Labute approximate surface area is 121 Å². The highest BCUT2D eigenvalue weighted by Crippen LogP contribution is 2.25. The van der Waals surface area contributed by atoms with E-state index in [-0.39, 0.29) is 0 Å². The van der Waals surface area contributed by atoms with Gasteiger partial charge in [0, 0.05) is 35.8 Å². The fourth-order valence-corrected chi connectivity index (χ4v) is 2.29. The van der Waals surface area contributed by atoms with Gasteiger partial charge in [0.05, 0.1) is 0 Å². The third kappa shape index (κ3) is 3.05. The molecule has 0 fully saturated rings. The maximum absolute atomic E-state index is 5.93. The summed E-state index contributed by atoms with van der Waals surface area (Å²) in [6.45, 7) is 8.43. The van der Waals surface area contributed by atoms with Crippen LogP contribution in [0, 0.1) is 6.92 Å². The highest BCUT2D eigenvalue weighted by molar-refractivity contribution is 5.70. The summed E-state index contributed by atoms with van der Waals surface area (Å²) in [4.78, 5) is 2.33. The van der Waals surface area contributed by atoms with Crippen LogP contribution < -0.4 is 16.0 Å². The average Bonchev–Trinajstić information content (AvgIpc) is 2.47. The smallest absolute Gasteiger partial charge is 0.0434 e. The van der Waals surface area contributed by atoms with Crippen molar-refractivity contribution in [3.8, 4) is 0 Å². The molecule has 3 N–H and O–H groups in total. The zero-order valence-electron chi connectivity index (χ0n) is 12.5. The highest BCUT2D eigenvalue weighted by atomic mass is 15.1.